The summed E-state index contributed by atoms with van der Waals surface area (Å²) in [6.07, 6.45) is 4.65. The summed E-state index contributed by atoms with van der Waals surface area (Å²) in [5, 5.41) is 50.3. The number of carboxylic acid groups (broad SMARTS) is 2. The lowest BCUT2D eigenvalue weighted by Crippen LogP contribution is -2.51. The lowest BCUT2D eigenvalue weighted by atomic mass is 9.90. The van der Waals surface area contributed by atoms with Crippen molar-refractivity contribution in [3.8, 4) is 28.2 Å². The van der Waals surface area contributed by atoms with Crippen molar-refractivity contribution in [1.29, 1.82) is 0 Å². The molecule has 384 valence electrons. The van der Waals surface area contributed by atoms with E-state index in [0.717, 1.165) is 0 Å². The van der Waals surface area contributed by atoms with Crippen LogP contribution < -0.4 is 32.0 Å². The monoisotopic (exact) mass is 1010 g/mol. The highest BCUT2D eigenvalue weighted by atomic mass is 16.4. The van der Waals surface area contributed by atoms with Crippen molar-refractivity contribution < 1.29 is 38.9 Å². The van der Waals surface area contributed by atoms with Crippen LogP contribution in [0.15, 0.2) is 81.2 Å². The predicted octanol–water partition coefficient (Wildman–Crippen LogP) is 2.12. The number of phenols is 1. The summed E-state index contributed by atoms with van der Waals surface area (Å²) in [6, 6.07) is 12.2. The van der Waals surface area contributed by atoms with Gasteiger partial charge in [0, 0.05) is 112 Å². The van der Waals surface area contributed by atoms with Gasteiger partial charge >= 0.3 is 11.9 Å². The normalized spacial score (nSPS) is 14.8. The number of nitrogens with one attached hydrogen (secondary N) is 1. The van der Waals surface area contributed by atoms with Gasteiger partial charge in [0.25, 0.3) is 0 Å². The number of piperazine rings is 2. The highest BCUT2D eigenvalue weighted by Gasteiger charge is 2.31. The number of nitrogens with two attached hydrogens (primary N) is 2. The number of aromatic carboxylic acids is 1. The second-order valence-electron chi connectivity index (χ2n) is 17.9. The van der Waals surface area contributed by atoms with Gasteiger partial charge in [-0.25, -0.2) is 14.2 Å². The number of hydrogen-bond acceptors (Lipinski definition) is 18. The number of aryl methyl sites for hydroxylation is 2. The number of rotatable bonds is 17. The molecule has 4 aliphatic rings. The van der Waals surface area contributed by atoms with Gasteiger partial charge in [-0.05, 0) is 68.7 Å². The number of aromatic nitrogens is 9. The molecule has 2 fully saturated rings. The average Bonchev–Trinajstić information content (AvgIpc) is 4.09. The number of fused-ring (bicyclic) bond motifs is 2. The van der Waals surface area contributed by atoms with Crippen molar-refractivity contribution in [2.75, 3.05) is 74.0 Å². The maximum Gasteiger partial charge on any atom is 0.336 e. The van der Waals surface area contributed by atoms with E-state index >= 15 is 0 Å². The van der Waals surface area contributed by atoms with Gasteiger partial charge in [-0.15, -0.1) is 10.2 Å². The smallest absolute Gasteiger partial charge is 0.336 e. The Balaban J connectivity index is 0.962. The first-order valence-corrected chi connectivity index (χ1v) is 23.8. The van der Waals surface area contributed by atoms with Gasteiger partial charge in [0.05, 0.1) is 23.4 Å². The van der Waals surface area contributed by atoms with Crippen LogP contribution in [0.2, 0.25) is 0 Å². The van der Waals surface area contributed by atoms with Crippen LogP contribution in [0.1, 0.15) is 60.5 Å². The van der Waals surface area contributed by atoms with E-state index in [1.54, 1.807) is 65.0 Å². The number of benzene rings is 3. The van der Waals surface area contributed by atoms with Crippen molar-refractivity contribution in [3.05, 3.63) is 94.2 Å². The zero-order chi connectivity index (χ0) is 52.2. The summed E-state index contributed by atoms with van der Waals surface area (Å²) in [7, 11) is 0. The summed E-state index contributed by atoms with van der Waals surface area (Å²) in [4.78, 5) is 89.9. The number of hydrogen-bond donors (Lipinski definition) is 6. The zero-order valence-electron chi connectivity index (χ0n) is 40.4. The number of carbonyl (C=O) groups is 4. The topological polar surface area (TPSA) is 349 Å². The summed E-state index contributed by atoms with van der Waals surface area (Å²) in [6.45, 7) is 6.64. The van der Waals surface area contributed by atoms with Crippen LogP contribution in [-0.2, 0) is 27.2 Å². The fourth-order valence-electron chi connectivity index (χ4n) is 8.93. The molecule has 2 saturated heterocycles. The minimum Gasteiger partial charge on any atom is -0.508 e. The van der Waals surface area contributed by atoms with Crippen molar-refractivity contribution in [2.24, 2.45) is 16.5 Å². The molecule has 5 aromatic rings. The molecule has 0 saturated carbocycles. The Kier molecular flexibility index (Phi) is 14.3. The second kappa shape index (κ2) is 21.2. The van der Waals surface area contributed by atoms with E-state index in [4.69, 9.17) is 35.9 Å². The number of aliphatic carboxylic acids is 1. The van der Waals surface area contributed by atoms with Gasteiger partial charge in [0.15, 0.2) is 11.4 Å². The minimum atomic E-state index is -1.24. The number of phenolic OH excluding ortho intramolecular Hbond substituents is 1. The molecule has 3 aliphatic heterocycles. The lowest BCUT2D eigenvalue weighted by Gasteiger charge is -2.37. The van der Waals surface area contributed by atoms with E-state index in [2.05, 4.69) is 30.9 Å². The first-order chi connectivity index (χ1) is 35.6. The van der Waals surface area contributed by atoms with E-state index in [1.807, 2.05) is 9.80 Å². The predicted molar refractivity (Wildman–Crippen MR) is 268 cm³/mol. The second-order valence-corrected chi connectivity index (χ2v) is 17.9. The van der Waals surface area contributed by atoms with Crippen LogP contribution >= 0.6 is 0 Å². The highest BCUT2D eigenvalue weighted by Crippen LogP contribution is 2.42. The van der Waals surface area contributed by atoms with Crippen molar-refractivity contribution >= 4 is 64.2 Å². The molecule has 0 bridgehead atoms. The fraction of sp³-hybridized carbons (Fsp3) is 0.354. The molecule has 2 amide bonds. The molecule has 1 aliphatic carbocycles. The molecule has 3 aromatic heterocycles. The third-order valence-corrected chi connectivity index (χ3v) is 12.9. The molecule has 26 heteroatoms. The Morgan fingerprint density at radius 1 is 0.743 bits per heavy atom. The Morgan fingerprint density at radius 3 is 1.92 bits per heavy atom. The van der Waals surface area contributed by atoms with Gasteiger partial charge in [0.1, 0.15) is 29.2 Å². The van der Waals surface area contributed by atoms with Gasteiger partial charge in [-0.2, -0.15) is 15.0 Å². The standard InChI is InChI=1S/C48H53N17O9/c1-27(64-25-30(56-58-64)4-3-13-51-45(49)50)42(70)60-14-18-62(19-15-60)47-53-46(54-48(55-47)63-20-16-61(17-21-63)43(71)28(2)65-26-31(57-59-65)6-12-40(68)69)52-29-5-9-34(37(22-29)44(72)73)41-35-10-7-32(66)23-38(35)74-39-24-33(67)8-11-36(39)41/h5,7-11,22-28,66H,3-4,6,12-21H2,1-2H3,(H,68,69)(H,72,73)(H4,49,50,51)(H,52,53,54,55)/t27-,28-/m0/s1. The Hall–Kier alpha value is -9.23. The van der Waals surface area contributed by atoms with Gasteiger partial charge in [0.2, 0.25) is 29.7 Å². The first kappa shape index (κ1) is 49.7. The maximum absolute atomic E-state index is 13.8. The average molecular weight is 1010 g/mol. The molecular weight excluding hydrogens is 959 g/mol. The molecule has 0 unspecified atom stereocenters. The summed E-state index contributed by atoms with van der Waals surface area (Å²) >= 11 is 0. The number of carboxylic acids is 2. The molecule has 0 spiro atoms. The van der Waals surface area contributed by atoms with Crippen LogP contribution in [0.4, 0.5) is 23.5 Å². The van der Waals surface area contributed by atoms with Crippen molar-refractivity contribution in [2.45, 2.75) is 51.6 Å². The van der Waals surface area contributed by atoms with E-state index in [9.17, 15) is 34.2 Å². The molecule has 26 nitrogen and oxygen atoms in total. The van der Waals surface area contributed by atoms with Crippen LogP contribution in [0, 0.1) is 0 Å². The molecule has 9 rings (SSSR count). The zero-order valence-corrected chi connectivity index (χ0v) is 40.4. The molecule has 8 N–H and O–H groups in total. The Bertz CT molecular complexity index is 3300. The van der Waals surface area contributed by atoms with Crippen LogP contribution in [0.5, 0.6) is 5.75 Å². The fourth-order valence-corrected chi connectivity index (χ4v) is 8.93. The van der Waals surface area contributed by atoms with Crippen molar-refractivity contribution in [3.63, 3.8) is 0 Å². The van der Waals surface area contributed by atoms with Crippen LogP contribution in [0.25, 0.3) is 33.4 Å². The number of amides is 2. The summed E-state index contributed by atoms with van der Waals surface area (Å²) in [5.41, 5.74) is 13.5. The van der Waals surface area contributed by atoms with Gasteiger partial charge in [-0.1, -0.05) is 16.5 Å². The number of nitrogens with zero attached hydrogens (tertiary/aromatic N) is 14. The number of carbonyl (C=O) groups excluding carboxylic acids is 2. The summed E-state index contributed by atoms with van der Waals surface area (Å²) in [5.74, 6) is -1.67. The minimum absolute atomic E-state index is 0.0173. The Labute approximate surface area is 421 Å². The quantitative estimate of drug-likeness (QED) is 0.0329. The lowest BCUT2D eigenvalue weighted by molar-refractivity contribution is -0.137. The van der Waals surface area contributed by atoms with E-state index in [1.165, 1.54) is 35.0 Å². The van der Waals surface area contributed by atoms with Crippen molar-refractivity contribution in [1.82, 2.24) is 54.7 Å². The van der Waals surface area contributed by atoms with Crippen LogP contribution in [-0.4, -0.2) is 159 Å². The summed E-state index contributed by atoms with van der Waals surface area (Å²) < 4.78 is 8.97. The number of aromatic hydroxyl groups is 1. The number of aliphatic imine (C=N–C) groups is 1. The molecular formula is C48H53N17O9. The van der Waals surface area contributed by atoms with Gasteiger partial charge in [-0.3, -0.25) is 24.2 Å². The van der Waals surface area contributed by atoms with E-state index in [-0.39, 0.29) is 64.6 Å². The van der Waals surface area contributed by atoms with Crippen LogP contribution in [0.3, 0.4) is 0 Å². The molecule has 74 heavy (non-hydrogen) atoms. The SMILES string of the molecule is C[C@@H](C(=O)N1CCN(c2nc(Nc3ccc(-c4c5ccc(=O)cc-5oc5cc(O)ccc45)c(C(=O)O)c3)nc(N3CCN(C(=O)[C@H](C)n4cc(CCC(=O)O)nn4)CC3)n2)CC1)n1cc(CCCN=C(N)N)nn1. The largest absolute Gasteiger partial charge is 0.508 e. The number of anilines is 4. The molecule has 2 atom stereocenters. The van der Waals surface area contributed by atoms with E-state index in [0.29, 0.717) is 123 Å². The number of guanidine groups is 1. The highest BCUT2D eigenvalue weighted by molar-refractivity contribution is 6.08. The maximum atomic E-state index is 13.8. The van der Waals surface area contributed by atoms with E-state index < -0.39 is 24.0 Å². The van der Waals surface area contributed by atoms with Gasteiger partial charge < -0.3 is 56.1 Å². The Morgan fingerprint density at radius 2 is 1.34 bits per heavy atom. The third-order valence-electron chi connectivity index (χ3n) is 12.9. The molecule has 6 heterocycles. The molecule has 0 radical (unpaired) electrons. The molecule has 2 aromatic carbocycles. The third kappa shape index (κ3) is 11.0. The first-order valence-electron chi connectivity index (χ1n) is 23.8.